The molecular weight excluding hydrogens is 449 g/mol. The van der Waals surface area contributed by atoms with Crippen LogP contribution >= 0.6 is 0 Å². The summed E-state index contributed by atoms with van der Waals surface area (Å²) < 4.78 is 71.8. The molecule has 1 aliphatic rings. The molecule has 1 unspecified atom stereocenters. The van der Waals surface area contributed by atoms with E-state index in [1.807, 2.05) is 36.4 Å². The second-order valence-corrected chi connectivity index (χ2v) is 10.2. The SMILES string of the molecule is CS(=O)(=O)c1cccc(-c2cc3c(c4ccccc24)OC(c2cc(F)c(F)cc2F)CC3)c1. The summed E-state index contributed by atoms with van der Waals surface area (Å²) in [5.74, 6) is -2.64. The van der Waals surface area contributed by atoms with E-state index in [9.17, 15) is 21.6 Å². The van der Waals surface area contributed by atoms with Gasteiger partial charge in [-0.2, -0.15) is 0 Å². The average molecular weight is 468 g/mol. The van der Waals surface area contributed by atoms with Crippen LogP contribution in [0.1, 0.15) is 23.7 Å². The van der Waals surface area contributed by atoms with E-state index in [1.54, 1.807) is 18.2 Å². The molecule has 5 rings (SSSR count). The third kappa shape index (κ3) is 3.86. The Balaban J connectivity index is 1.64. The zero-order valence-corrected chi connectivity index (χ0v) is 18.4. The zero-order chi connectivity index (χ0) is 23.3. The van der Waals surface area contributed by atoms with Gasteiger partial charge in [0.25, 0.3) is 0 Å². The van der Waals surface area contributed by atoms with Crippen LogP contribution in [0.15, 0.2) is 71.6 Å². The lowest BCUT2D eigenvalue weighted by molar-refractivity contribution is 0.174. The number of hydrogen-bond acceptors (Lipinski definition) is 3. The lowest BCUT2D eigenvalue weighted by Crippen LogP contribution is -2.17. The highest BCUT2D eigenvalue weighted by atomic mass is 32.2. The van der Waals surface area contributed by atoms with Gasteiger partial charge in [0.05, 0.1) is 4.90 Å². The van der Waals surface area contributed by atoms with Crippen molar-refractivity contribution < 1.29 is 26.3 Å². The fourth-order valence-electron chi connectivity index (χ4n) is 4.36. The topological polar surface area (TPSA) is 43.4 Å². The lowest BCUT2D eigenvalue weighted by Gasteiger charge is -2.29. The normalized spacial score (nSPS) is 15.8. The van der Waals surface area contributed by atoms with Crippen LogP contribution < -0.4 is 4.74 Å². The Hall–Kier alpha value is -3.32. The first-order valence-corrected chi connectivity index (χ1v) is 12.3. The molecule has 4 aromatic rings. The van der Waals surface area contributed by atoms with Crippen LogP contribution in [0.4, 0.5) is 13.2 Å². The molecule has 0 radical (unpaired) electrons. The molecule has 7 heteroatoms. The van der Waals surface area contributed by atoms with Gasteiger partial charge in [-0.05, 0) is 59.2 Å². The molecule has 1 heterocycles. The van der Waals surface area contributed by atoms with Crippen molar-refractivity contribution in [3.8, 4) is 16.9 Å². The molecule has 1 aliphatic heterocycles. The highest BCUT2D eigenvalue weighted by Crippen LogP contribution is 2.44. The smallest absolute Gasteiger partial charge is 0.175 e. The number of fused-ring (bicyclic) bond motifs is 3. The molecule has 0 spiro atoms. The van der Waals surface area contributed by atoms with Gasteiger partial charge in [-0.1, -0.05) is 36.4 Å². The maximum absolute atomic E-state index is 14.4. The van der Waals surface area contributed by atoms with E-state index in [2.05, 4.69) is 0 Å². The van der Waals surface area contributed by atoms with E-state index in [1.165, 1.54) is 6.26 Å². The lowest BCUT2D eigenvalue weighted by atomic mass is 9.90. The van der Waals surface area contributed by atoms with E-state index in [-0.39, 0.29) is 10.5 Å². The van der Waals surface area contributed by atoms with Gasteiger partial charge in [-0.25, -0.2) is 21.6 Å². The monoisotopic (exact) mass is 468 g/mol. The Labute approximate surface area is 189 Å². The zero-order valence-electron chi connectivity index (χ0n) is 17.6. The molecule has 4 aromatic carbocycles. The number of benzene rings is 4. The summed E-state index contributed by atoms with van der Waals surface area (Å²) in [5, 5.41) is 1.62. The standard InChI is InChI=1S/C26H19F3O3S/c1-33(30,31)17-6-4-5-15(11-17)20-12-16-9-10-25(21-13-23(28)24(29)14-22(21)27)32-26(16)19-8-3-2-7-18(19)20/h2-8,11-14,25H,9-10H2,1H3. The first-order valence-electron chi connectivity index (χ1n) is 10.4. The van der Waals surface area contributed by atoms with Crippen molar-refractivity contribution in [3.05, 3.63) is 95.3 Å². The van der Waals surface area contributed by atoms with Gasteiger partial charge in [0, 0.05) is 23.3 Å². The minimum atomic E-state index is -3.37. The van der Waals surface area contributed by atoms with Gasteiger partial charge in [0.1, 0.15) is 17.7 Å². The first kappa shape index (κ1) is 21.5. The number of halogens is 3. The van der Waals surface area contributed by atoms with Crippen molar-refractivity contribution in [2.45, 2.75) is 23.8 Å². The first-order chi connectivity index (χ1) is 15.7. The maximum atomic E-state index is 14.4. The van der Waals surface area contributed by atoms with Crippen molar-refractivity contribution in [1.82, 2.24) is 0 Å². The third-order valence-corrected chi connectivity index (χ3v) is 7.08. The number of hydrogen-bond donors (Lipinski definition) is 0. The molecule has 0 aromatic heterocycles. The predicted octanol–water partition coefficient (Wildman–Crippen LogP) is 6.39. The number of ether oxygens (including phenoxy) is 1. The van der Waals surface area contributed by atoms with Gasteiger partial charge in [-0.3, -0.25) is 0 Å². The Morgan fingerprint density at radius 2 is 1.58 bits per heavy atom. The van der Waals surface area contributed by atoms with Crippen LogP contribution in [-0.4, -0.2) is 14.7 Å². The van der Waals surface area contributed by atoms with Crippen molar-refractivity contribution >= 4 is 20.6 Å². The van der Waals surface area contributed by atoms with Crippen LogP contribution in [0.25, 0.3) is 21.9 Å². The van der Waals surface area contributed by atoms with Crippen LogP contribution in [0.2, 0.25) is 0 Å². The van der Waals surface area contributed by atoms with Gasteiger partial charge >= 0.3 is 0 Å². The Bertz CT molecular complexity index is 1510. The second kappa shape index (κ2) is 7.92. The molecule has 0 aliphatic carbocycles. The quantitative estimate of drug-likeness (QED) is 0.327. The van der Waals surface area contributed by atoms with Crippen molar-refractivity contribution in [1.29, 1.82) is 0 Å². The molecule has 0 saturated carbocycles. The van der Waals surface area contributed by atoms with Gasteiger partial charge < -0.3 is 4.74 Å². The largest absolute Gasteiger partial charge is 0.485 e. The third-order valence-electron chi connectivity index (χ3n) is 5.97. The Morgan fingerprint density at radius 3 is 2.33 bits per heavy atom. The summed E-state index contributed by atoms with van der Waals surface area (Å²) >= 11 is 0. The highest BCUT2D eigenvalue weighted by Gasteiger charge is 2.28. The van der Waals surface area contributed by atoms with Crippen molar-refractivity contribution in [2.24, 2.45) is 0 Å². The van der Waals surface area contributed by atoms with Crippen LogP contribution in [-0.2, 0) is 16.3 Å². The van der Waals surface area contributed by atoms with E-state index in [0.29, 0.717) is 24.7 Å². The van der Waals surface area contributed by atoms with Crippen LogP contribution in [0.3, 0.4) is 0 Å². The van der Waals surface area contributed by atoms with Gasteiger partial charge in [0.2, 0.25) is 0 Å². The van der Waals surface area contributed by atoms with E-state index >= 15 is 0 Å². The molecule has 0 amide bonds. The van der Waals surface area contributed by atoms with Gasteiger partial charge in [0.15, 0.2) is 21.5 Å². The maximum Gasteiger partial charge on any atom is 0.175 e. The van der Waals surface area contributed by atoms with E-state index in [4.69, 9.17) is 4.74 Å². The fraction of sp³-hybridized carbons (Fsp3) is 0.154. The molecule has 33 heavy (non-hydrogen) atoms. The molecule has 0 fully saturated rings. The highest BCUT2D eigenvalue weighted by molar-refractivity contribution is 7.90. The second-order valence-electron chi connectivity index (χ2n) is 8.19. The molecular formula is C26H19F3O3S. The molecule has 3 nitrogen and oxygen atoms in total. The minimum absolute atomic E-state index is 0.0199. The number of aryl methyl sites for hydroxylation is 1. The minimum Gasteiger partial charge on any atom is -0.485 e. The van der Waals surface area contributed by atoms with Crippen LogP contribution in [0.5, 0.6) is 5.75 Å². The number of sulfone groups is 1. The summed E-state index contributed by atoms with van der Waals surface area (Å²) in [6.45, 7) is 0. The summed E-state index contributed by atoms with van der Waals surface area (Å²) in [5.41, 5.74) is 2.47. The van der Waals surface area contributed by atoms with E-state index < -0.39 is 33.4 Å². The van der Waals surface area contributed by atoms with E-state index in [0.717, 1.165) is 33.5 Å². The van der Waals surface area contributed by atoms with Crippen LogP contribution in [0, 0.1) is 17.5 Å². The van der Waals surface area contributed by atoms with Crippen molar-refractivity contribution in [3.63, 3.8) is 0 Å². The summed E-state index contributed by atoms with van der Waals surface area (Å²) in [7, 11) is -3.37. The summed E-state index contributed by atoms with van der Waals surface area (Å²) in [6, 6.07) is 17.6. The Kier molecular flexibility index (Phi) is 5.16. The average Bonchev–Trinajstić information content (AvgIpc) is 2.80. The summed E-state index contributed by atoms with van der Waals surface area (Å²) in [6.07, 6.45) is 1.33. The molecule has 168 valence electrons. The fourth-order valence-corrected chi connectivity index (χ4v) is 5.02. The Morgan fingerprint density at radius 1 is 0.848 bits per heavy atom. The number of rotatable bonds is 3. The predicted molar refractivity (Wildman–Crippen MR) is 120 cm³/mol. The molecule has 0 saturated heterocycles. The molecule has 0 N–H and O–H groups in total. The molecule has 1 atom stereocenters. The summed E-state index contributed by atoms with van der Waals surface area (Å²) in [4.78, 5) is 0.229. The van der Waals surface area contributed by atoms with Crippen molar-refractivity contribution in [2.75, 3.05) is 6.26 Å². The van der Waals surface area contributed by atoms with Gasteiger partial charge in [-0.15, -0.1) is 0 Å². The molecule has 0 bridgehead atoms.